The van der Waals surface area contributed by atoms with Crippen LogP contribution in [0.2, 0.25) is 0 Å². The van der Waals surface area contributed by atoms with E-state index in [1.54, 1.807) is 47.8 Å². The number of piperidine rings is 2. The Bertz CT molecular complexity index is 2310. The Morgan fingerprint density at radius 3 is 1.47 bits per heavy atom. The molecule has 0 aromatic carbocycles. The third-order valence-electron chi connectivity index (χ3n) is 9.52. The maximum Gasteiger partial charge on any atom is 0.229 e. The minimum absolute atomic E-state index is 0. The highest BCUT2D eigenvalue weighted by Crippen LogP contribution is 2.34. The normalized spacial score (nSPS) is 13.6. The Morgan fingerprint density at radius 2 is 1.15 bits per heavy atom. The molecule has 2 aliphatic rings. The molecule has 2 fully saturated rings. The number of thiazole rings is 2. The number of tetrazole rings is 2. The first-order valence-electron chi connectivity index (χ1n) is 23.2. The van der Waals surface area contributed by atoms with E-state index in [1.807, 2.05) is 82.2 Å². The van der Waals surface area contributed by atoms with Gasteiger partial charge in [-0.1, -0.05) is 61.2 Å². The highest BCUT2D eigenvalue weighted by atomic mass is 35.5. The summed E-state index contributed by atoms with van der Waals surface area (Å²) in [5.74, 6) is 5.30. The van der Waals surface area contributed by atoms with Crippen LogP contribution < -0.4 is 20.7 Å². The number of aryl methyl sites for hydroxylation is 2. The largest absolute Gasteiger partial charge is 0.513 e. The lowest BCUT2D eigenvalue weighted by molar-refractivity contribution is 0.409. The fourth-order valence-corrected chi connectivity index (χ4v) is 8.16. The number of alkyl halides is 1. The summed E-state index contributed by atoms with van der Waals surface area (Å²) in [4.78, 5) is 31.8. The zero-order chi connectivity index (χ0) is 52.1. The molecule has 0 amide bonds. The van der Waals surface area contributed by atoms with Crippen LogP contribution in [-0.4, -0.2) is 108 Å². The van der Waals surface area contributed by atoms with Crippen LogP contribution in [0.25, 0.3) is 0 Å². The van der Waals surface area contributed by atoms with Gasteiger partial charge in [-0.25, -0.2) is 29.9 Å². The van der Waals surface area contributed by atoms with Crippen molar-refractivity contribution in [3.05, 3.63) is 148 Å². The number of nitrogens with one attached hydrogen (secondary N) is 2. The molecule has 2 aliphatic heterocycles. The van der Waals surface area contributed by atoms with E-state index in [4.69, 9.17) is 26.6 Å². The van der Waals surface area contributed by atoms with Gasteiger partial charge in [0.2, 0.25) is 17.8 Å². The van der Waals surface area contributed by atoms with Crippen molar-refractivity contribution in [3.8, 4) is 5.88 Å². The summed E-state index contributed by atoms with van der Waals surface area (Å²) in [7, 11) is 0. The van der Waals surface area contributed by atoms with Gasteiger partial charge in [0.25, 0.3) is 0 Å². The molecular weight excluding hydrogens is 974 g/mol. The number of rotatable bonds is 11. The number of anilines is 2. The molecule has 20 nitrogen and oxygen atoms in total. The lowest BCUT2D eigenvalue weighted by Crippen LogP contribution is -2.34. The first-order chi connectivity index (χ1) is 34.4. The maximum absolute atomic E-state index is 8.49. The third kappa shape index (κ3) is 27.0. The standard InChI is InChI=1S/C20H26N4OS.C15H19ClN4S.C6H10O.C3H6O.C3H6.2CH2N4.H3N/c1-4-6-7-15(3)25-18-14-26-19(23-18)17-8-10-24(11-9-17)20-21-12-16(5-2)13-22-20;1-2-11-8-17-15(18-9-11)20-5-3-12(4-6-20)14-19-13(7-16)10-21-14;1-3-4-5-6(2)7;1-3(2)4;1-3-2;2*1-2-4-5-3-1;/h4,6-7,12-14,17H,5,8-11H2,1-3H3;8-10,12H,2-7H2,1H3;3-5,7H,1-2H3;4H,1H2,2H3;3H,1H2,2H3;2*1H,(H,2,3,4,5);1H3/b6-4-,15-7+;;4-3-,6-5+;;;;;. The molecule has 0 radical (unpaired) electrons. The van der Waals surface area contributed by atoms with E-state index in [0.717, 1.165) is 88.1 Å². The third-order valence-corrected chi connectivity index (χ3v) is 11.8. The predicted octanol–water partition coefficient (Wildman–Crippen LogP) is 11.2. The van der Waals surface area contributed by atoms with E-state index in [-0.39, 0.29) is 11.9 Å². The molecule has 23 heteroatoms. The van der Waals surface area contributed by atoms with Gasteiger partial charge in [-0.2, -0.15) is 10.4 Å². The molecule has 0 aliphatic carbocycles. The average molecular weight is 1050 g/mol. The van der Waals surface area contributed by atoms with Gasteiger partial charge in [0, 0.05) is 68.2 Å². The van der Waals surface area contributed by atoms with Crippen LogP contribution in [0.4, 0.5) is 11.9 Å². The van der Waals surface area contributed by atoms with Gasteiger partial charge < -0.3 is 30.9 Å². The van der Waals surface area contributed by atoms with Crippen molar-refractivity contribution < 1.29 is 14.9 Å². The second-order valence-electron chi connectivity index (χ2n) is 15.3. The van der Waals surface area contributed by atoms with E-state index >= 15 is 0 Å². The van der Waals surface area contributed by atoms with Crippen LogP contribution >= 0.6 is 34.3 Å². The Balaban J connectivity index is 0.000000495. The number of aromatic amines is 2. The molecule has 0 saturated carbocycles. The lowest BCUT2D eigenvalue weighted by atomic mass is 9.98. The quantitative estimate of drug-likeness (QED) is 0.0349. The summed E-state index contributed by atoms with van der Waals surface area (Å²) in [5.41, 5.74) is 3.36. The van der Waals surface area contributed by atoms with Crippen LogP contribution in [0.15, 0.2) is 121 Å². The maximum atomic E-state index is 8.49. The highest BCUT2D eigenvalue weighted by Gasteiger charge is 2.26. The van der Waals surface area contributed by atoms with Crippen molar-refractivity contribution in [3.63, 3.8) is 0 Å². The fraction of sp³-hybridized carbons (Fsp3) is 0.429. The number of allylic oxidation sites excluding steroid dienone is 10. The van der Waals surface area contributed by atoms with Crippen LogP contribution in [0, 0.1) is 0 Å². The Labute approximate surface area is 437 Å². The number of H-pyrrole nitrogens is 2. The van der Waals surface area contributed by atoms with E-state index in [9.17, 15) is 0 Å². The molecule has 2 saturated heterocycles. The number of aliphatic hydroxyl groups excluding tert-OH is 2. The van der Waals surface area contributed by atoms with Crippen LogP contribution in [0.1, 0.15) is 120 Å². The second kappa shape index (κ2) is 38.9. The van der Waals surface area contributed by atoms with Crippen molar-refractivity contribution in [1.82, 2.24) is 77.3 Å². The molecule has 6 aromatic rings. The van der Waals surface area contributed by atoms with E-state index in [0.29, 0.717) is 29.4 Å². The summed E-state index contributed by atoms with van der Waals surface area (Å²) in [6.07, 6.45) is 29.6. The molecule has 0 unspecified atom stereocenters. The topological polar surface area (TPSA) is 277 Å². The number of aromatic nitrogens is 14. The molecule has 0 atom stereocenters. The molecular formula is C49H74ClN17O3S2. The molecule has 7 N–H and O–H groups in total. The van der Waals surface area contributed by atoms with Crippen molar-refractivity contribution in [2.45, 2.75) is 112 Å². The number of halogens is 1. The van der Waals surface area contributed by atoms with E-state index < -0.39 is 0 Å². The lowest BCUT2D eigenvalue weighted by Gasteiger charge is -2.31. The number of hydrogen-bond donors (Lipinski definition) is 5. The molecule has 0 bridgehead atoms. The van der Waals surface area contributed by atoms with Gasteiger partial charge in [-0.15, -0.1) is 61.2 Å². The number of ether oxygens (including phenoxy) is 1. The fourth-order valence-electron chi connectivity index (χ4n) is 6.04. The van der Waals surface area contributed by atoms with Crippen molar-refractivity contribution >= 4 is 46.2 Å². The monoisotopic (exact) mass is 1050 g/mol. The van der Waals surface area contributed by atoms with Gasteiger partial charge in [0.1, 0.15) is 5.76 Å². The summed E-state index contributed by atoms with van der Waals surface area (Å²) in [6.45, 7) is 25.5. The Kier molecular flexibility index (Phi) is 34.2. The van der Waals surface area contributed by atoms with Crippen molar-refractivity contribution in [1.29, 1.82) is 0 Å². The van der Waals surface area contributed by atoms with E-state index in [2.05, 4.69) is 113 Å². The van der Waals surface area contributed by atoms with Crippen molar-refractivity contribution in [2.75, 3.05) is 36.0 Å². The Hall–Kier alpha value is -6.75. The zero-order valence-corrected chi connectivity index (χ0v) is 45.4. The first-order valence-corrected chi connectivity index (χ1v) is 25.5. The van der Waals surface area contributed by atoms with Gasteiger partial charge in [0.05, 0.1) is 38.5 Å². The van der Waals surface area contributed by atoms with Crippen LogP contribution in [0.5, 0.6) is 5.88 Å². The molecule has 8 rings (SSSR count). The Morgan fingerprint density at radius 1 is 0.736 bits per heavy atom. The molecule has 392 valence electrons. The van der Waals surface area contributed by atoms with Crippen LogP contribution in [0.3, 0.4) is 0 Å². The van der Waals surface area contributed by atoms with E-state index in [1.165, 1.54) is 40.7 Å². The summed E-state index contributed by atoms with van der Waals surface area (Å²) in [6, 6.07) is 0. The van der Waals surface area contributed by atoms with Crippen molar-refractivity contribution in [2.24, 2.45) is 0 Å². The zero-order valence-electron chi connectivity index (χ0n) is 43.0. The smallest absolute Gasteiger partial charge is 0.229 e. The minimum Gasteiger partial charge on any atom is -0.513 e. The number of hydrogen-bond acceptors (Lipinski definition) is 20. The van der Waals surface area contributed by atoms with Gasteiger partial charge >= 0.3 is 0 Å². The second-order valence-corrected chi connectivity index (χ2v) is 17.4. The molecule has 6 aromatic heterocycles. The molecule has 0 spiro atoms. The summed E-state index contributed by atoms with van der Waals surface area (Å²) >= 11 is 9.26. The predicted molar refractivity (Wildman–Crippen MR) is 292 cm³/mol. The minimum atomic E-state index is 0. The summed E-state index contributed by atoms with van der Waals surface area (Å²) in [5, 5.41) is 47.2. The summed E-state index contributed by atoms with van der Waals surface area (Å²) < 4.78 is 5.78. The molecule has 72 heavy (non-hydrogen) atoms. The highest BCUT2D eigenvalue weighted by molar-refractivity contribution is 7.10. The van der Waals surface area contributed by atoms with Gasteiger partial charge in [-0.05, 0) is 103 Å². The number of aliphatic hydroxyl groups is 2. The van der Waals surface area contributed by atoms with Gasteiger partial charge in [-0.3, -0.25) is 0 Å². The molecule has 8 heterocycles. The number of nitrogens with zero attached hydrogens (tertiary/aromatic N) is 14. The van der Waals surface area contributed by atoms with Crippen LogP contribution in [-0.2, 0) is 18.7 Å². The SMILES string of the molecule is C/C=C\C=C(/C)O.C/C=C\C=C(/C)Oc1csc(C2CCN(c3ncc(CC)cn3)CC2)n1.C=C(C)O.C=CC.CCc1cnc(N2CCC(c3nc(CCl)cs3)CC2)nc1.N.c1nn[nH]n1.c1nn[nH]n1. The average Bonchev–Trinajstić information content (AvgIpc) is 4.27. The van der Waals surface area contributed by atoms with Gasteiger partial charge in [0.15, 0.2) is 12.7 Å². The first kappa shape index (κ1) is 63.3.